The fourth-order valence-electron chi connectivity index (χ4n) is 2.62. The molecule has 2 heterocycles. The molecule has 2 amide bonds. The van der Waals surface area contributed by atoms with Crippen LogP contribution in [0.1, 0.15) is 31.2 Å². The van der Waals surface area contributed by atoms with Gasteiger partial charge in [-0.2, -0.15) is 0 Å². The minimum Gasteiger partial charge on any atom is -0.480 e. The Balaban J connectivity index is 2.13. The smallest absolute Gasteiger partial charge is 0.326 e. The van der Waals surface area contributed by atoms with Crippen LogP contribution in [0.2, 0.25) is 0 Å². The maximum absolute atomic E-state index is 12.3. The lowest BCUT2D eigenvalue weighted by atomic mass is 9.93. The molecule has 6 nitrogen and oxygen atoms in total. The standard InChI is InChI=1S/C15H21N3O3/c1-9-6-7-18(13(8-9)14(19)20)15(21)17-12-5-4-10(2)16-11(12)3/h4-5,9,13H,6-8H2,1-3H3,(H,17,21)(H,19,20). The van der Waals surface area contributed by atoms with Crippen LogP contribution in [0, 0.1) is 19.8 Å². The Morgan fingerprint density at radius 1 is 1.38 bits per heavy atom. The first-order valence-corrected chi connectivity index (χ1v) is 7.13. The lowest BCUT2D eigenvalue weighted by Gasteiger charge is -2.35. The van der Waals surface area contributed by atoms with Gasteiger partial charge in [-0.1, -0.05) is 6.92 Å². The summed E-state index contributed by atoms with van der Waals surface area (Å²) in [5.41, 5.74) is 2.22. The van der Waals surface area contributed by atoms with Crippen molar-refractivity contribution in [3.63, 3.8) is 0 Å². The quantitative estimate of drug-likeness (QED) is 0.876. The topological polar surface area (TPSA) is 82.5 Å². The van der Waals surface area contributed by atoms with E-state index < -0.39 is 12.0 Å². The number of aromatic nitrogens is 1. The van der Waals surface area contributed by atoms with E-state index in [2.05, 4.69) is 10.3 Å². The number of likely N-dealkylation sites (tertiary alicyclic amines) is 1. The predicted molar refractivity (Wildman–Crippen MR) is 79.3 cm³/mol. The Morgan fingerprint density at radius 2 is 2.10 bits per heavy atom. The Bertz CT molecular complexity index is 559. The van der Waals surface area contributed by atoms with E-state index in [1.807, 2.05) is 26.8 Å². The van der Waals surface area contributed by atoms with E-state index in [-0.39, 0.29) is 6.03 Å². The van der Waals surface area contributed by atoms with E-state index in [4.69, 9.17) is 0 Å². The number of aliphatic carboxylic acids is 1. The first-order valence-electron chi connectivity index (χ1n) is 7.13. The fourth-order valence-corrected chi connectivity index (χ4v) is 2.62. The number of carboxylic acids is 1. The first-order chi connectivity index (χ1) is 9.88. The predicted octanol–water partition coefficient (Wildman–Crippen LogP) is 2.42. The molecule has 0 spiro atoms. The SMILES string of the molecule is Cc1ccc(NC(=O)N2CCC(C)CC2C(=O)O)c(C)n1. The van der Waals surface area contributed by atoms with Crippen LogP contribution in [0.25, 0.3) is 0 Å². The van der Waals surface area contributed by atoms with Gasteiger partial charge in [0.15, 0.2) is 0 Å². The minimum absolute atomic E-state index is 0.318. The fraction of sp³-hybridized carbons (Fsp3) is 0.533. The van der Waals surface area contributed by atoms with Gasteiger partial charge < -0.3 is 15.3 Å². The van der Waals surface area contributed by atoms with Gasteiger partial charge in [-0.05, 0) is 44.7 Å². The van der Waals surface area contributed by atoms with E-state index in [1.54, 1.807) is 6.07 Å². The summed E-state index contributed by atoms with van der Waals surface area (Å²) in [6, 6.07) is 2.48. The number of aryl methyl sites for hydroxylation is 2. The summed E-state index contributed by atoms with van der Waals surface area (Å²) >= 11 is 0. The number of anilines is 1. The van der Waals surface area contributed by atoms with Gasteiger partial charge in [-0.15, -0.1) is 0 Å². The second kappa shape index (κ2) is 6.11. The lowest BCUT2D eigenvalue weighted by Crippen LogP contribution is -2.51. The van der Waals surface area contributed by atoms with Crippen LogP contribution in [0.5, 0.6) is 0 Å². The third kappa shape index (κ3) is 3.51. The highest BCUT2D eigenvalue weighted by Crippen LogP contribution is 2.24. The molecule has 2 unspecified atom stereocenters. The Labute approximate surface area is 124 Å². The van der Waals surface area contributed by atoms with Crippen molar-refractivity contribution in [2.24, 2.45) is 5.92 Å². The average molecular weight is 291 g/mol. The zero-order valence-corrected chi connectivity index (χ0v) is 12.6. The van der Waals surface area contributed by atoms with Crippen LogP contribution >= 0.6 is 0 Å². The molecule has 0 radical (unpaired) electrons. The number of carbonyl (C=O) groups excluding carboxylic acids is 1. The van der Waals surface area contributed by atoms with E-state index in [1.165, 1.54) is 4.90 Å². The molecular weight excluding hydrogens is 270 g/mol. The molecular formula is C15H21N3O3. The zero-order valence-electron chi connectivity index (χ0n) is 12.6. The number of piperidine rings is 1. The summed E-state index contributed by atoms with van der Waals surface area (Å²) in [7, 11) is 0. The van der Waals surface area contributed by atoms with Crippen LogP contribution < -0.4 is 5.32 Å². The van der Waals surface area contributed by atoms with E-state index >= 15 is 0 Å². The van der Waals surface area contributed by atoms with Gasteiger partial charge in [0.1, 0.15) is 6.04 Å². The van der Waals surface area contributed by atoms with Crippen molar-refractivity contribution < 1.29 is 14.7 Å². The number of amides is 2. The van der Waals surface area contributed by atoms with Crippen LogP contribution in [0.4, 0.5) is 10.5 Å². The van der Waals surface area contributed by atoms with Crippen molar-refractivity contribution >= 4 is 17.7 Å². The van der Waals surface area contributed by atoms with Crippen LogP contribution in [0.15, 0.2) is 12.1 Å². The average Bonchev–Trinajstić information content (AvgIpc) is 2.41. The third-order valence-corrected chi connectivity index (χ3v) is 3.88. The number of hydrogen-bond donors (Lipinski definition) is 2. The summed E-state index contributed by atoms with van der Waals surface area (Å²) in [5, 5.41) is 12.1. The van der Waals surface area contributed by atoms with Gasteiger partial charge in [0.2, 0.25) is 0 Å². The molecule has 1 aliphatic rings. The summed E-state index contributed by atoms with van der Waals surface area (Å²) in [5.74, 6) is -0.631. The Kier molecular flexibility index (Phi) is 4.45. The van der Waals surface area contributed by atoms with Crippen molar-refractivity contribution in [1.82, 2.24) is 9.88 Å². The number of pyridine rings is 1. The van der Waals surface area contributed by atoms with Crippen molar-refractivity contribution in [1.29, 1.82) is 0 Å². The number of rotatable bonds is 2. The number of hydrogen-bond acceptors (Lipinski definition) is 3. The second-order valence-corrected chi connectivity index (χ2v) is 5.69. The van der Waals surface area contributed by atoms with Gasteiger partial charge in [0.25, 0.3) is 0 Å². The molecule has 6 heteroatoms. The highest BCUT2D eigenvalue weighted by Gasteiger charge is 2.34. The summed E-state index contributed by atoms with van der Waals surface area (Å²) in [6.45, 7) is 6.17. The van der Waals surface area contributed by atoms with Gasteiger partial charge in [-0.3, -0.25) is 4.98 Å². The van der Waals surface area contributed by atoms with Crippen molar-refractivity contribution in [2.45, 2.75) is 39.7 Å². The summed E-state index contributed by atoms with van der Waals surface area (Å²) < 4.78 is 0. The molecule has 21 heavy (non-hydrogen) atoms. The summed E-state index contributed by atoms with van der Waals surface area (Å²) in [4.78, 5) is 29.4. The lowest BCUT2D eigenvalue weighted by molar-refractivity contribution is -0.143. The monoisotopic (exact) mass is 291 g/mol. The first kappa shape index (κ1) is 15.3. The molecule has 1 aromatic rings. The van der Waals surface area contributed by atoms with Crippen LogP contribution in [0.3, 0.4) is 0 Å². The van der Waals surface area contributed by atoms with E-state index in [9.17, 15) is 14.7 Å². The minimum atomic E-state index is -0.949. The molecule has 2 N–H and O–H groups in total. The number of urea groups is 1. The molecule has 1 aliphatic heterocycles. The normalized spacial score (nSPS) is 22.0. The van der Waals surface area contributed by atoms with E-state index in [0.29, 0.717) is 24.6 Å². The molecule has 2 rings (SSSR count). The number of carbonyl (C=O) groups is 2. The van der Waals surface area contributed by atoms with Crippen LogP contribution in [-0.4, -0.2) is 39.6 Å². The number of carboxylic acid groups (broad SMARTS) is 1. The number of nitrogens with zero attached hydrogens (tertiary/aromatic N) is 2. The van der Waals surface area contributed by atoms with Gasteiger partial charge >= 0.3 is 12.0 Å². The molecule has 1 fully saturated rings. The maximum atomic E-state index is 12.3. The molecule has 0 aromatic carbocycles. The van der Waals surface area contributed by atoms with Crippen LogP contribution in [-0.2, 0) is 4.79 Å². The molecule has 1 aromatic heterocycles. The van der Waals surface area contributed by atoms with Crippen molar-refractivity contribution in [3.8, 4) is 0 Å². The third-order valence-electron chi connectivity index (χ3n) is 3.88. The summed E-state index contributed by atoms with van der Waals surface area (Å²) in [6.07, 6.45) is 1.32. The number of nitrogens with one attached hydrogen (secondary N) is 1. The highest BCUT2D eigenvalue weighted by molar-refractivity contribution is 5.92. The molecule has 2 atom stereocenters. The Hall–Kier alpha value is -2.11. The van der Waals surface area contributed by atoms with Crippen molar-refractivity contribution in [3.05, 3.63) is 23.5 Å². The van der Waals surface area contributed by atoms with Crippen molar-refractivity contribution in [2.75, 3.05) is 11.9 Å². The highest BCUT2D eigenvalue weighted by atomic mass is 16.4. The Morgan fingerprint density at radius 3 is 2.71 bits per heavy atom. The molecule has 114 valence electrons. The molecule has 0 aliphatic carbocycles. The van der Waals surface area contributed by atoms with E-state index in [0.717, 1.165) is 17.8 Å². The zero-order chi connectivity index (χ0) is 15.6. The van der Waals surface area contributed by atoms with Gasteiger partial charge in [0.05, 0.1) is 11.4 Å². The largest absolute Gasteiger partial charge is 0.480 e. The van der Waals surface area contributed by atoms with Gasteiger partial charge in [-0.25, -0.2) is 9.59 Å². The molecule has 0 saturated carbocycles. The maximum Gasteiger partial charge on any atom is 0.326 e. The van der Waals surface area contributed by atoms with Gasteiger partial charge in [0, 0.05) is 12.2 Å². The second-order valence-electron chi connectivity index (χ2n) is 5.69. The molecule has 0 bridgehead atoms. The molecule has 1 saturated heterocycles.